The lowest BCUT2D eigenvalue weighted by molar-refractivity contribution is -0.133. The normalized spacial score (nSPS) is 24.5. The molecule has 0 N–H and O–H groups in total. The first-order chi connectivity index (χ1) is 16.3. The zero-order chi connectivity index (χ0) is 22.2. The van der Waals surface area contributed by atoms with Gasteiger partial charge >= 0.3 is 0 Å². The van der Waals surface area contributed by atoms with Gasteiger partial charge in [0, 0.05) is 50.9 Å². The van der Waals surface area contributed by atoms with Crippen molar-refractivity contribution in [2.45, 2.75) is 31.5 Å². The number of anilines is 1. The molecule has 3 aliphatic rings. The molecule has 33 heavy (non-hydrogen) atoms. The van der Waals surface area contributed by atoms with Gasteiger partial charge in [-0.3, -0.25) is 9.69 Å². The summed E-state index contributed by atoms with van der Waals surface area (Å²) in [5.74, 6) is 0.852. The van der Waals surface area contributed by atoms with Gasteiger partial charge in [0.2, 0.25) is 5.91 Å². The summed E-state index contributed by atoms with van der Waals surface area (Å²) in [4.78, 5) is 20.9. The van der Waals surface area contributed by atoms with Crippen molar-refractivity contribution in [2.75, 3.05) is 31.1 Å². The highest BCUT2D eigenvalue weighted by molar-refractivity contribution is 5.83. The minimum Gasteiger partial charge on any atom is -0.364 e. The Kier molecular flexibility index (Phi) is 5.39. The molecule has 3 aromatic carbocycles. The molecule has 4 nitrogen and oxygen atoms in total. The van der Waals surface area contributed by atoms with Crippen LogP contribution in [-0.2, 0) is 17.9 Å². The molecule has 0 aromatic heterocycles. The molecule has 1 aliphatic carbocycles. The van der Waals surface area contributed by atoms with Crippen LogP contribution in [0.5, 0.6) is 0 Å². The molecule has 168 valence electrons. The van der Waals surface area contributed by atoms with Crippen LogP contribution in [0.1, 0.15) is 29.0 Å². The van der Waals surface area contributed by atoms with E-state index in [2.05, 4.69) is 93.6 Å². The number of fused-ring (bicyclic) bond motifs is 3. The molecule has 6 rings (SSSR count). The Balaban J connectivity index is 1.22. The van der Waals surface area contributed by atoms with E-state index < -0.39 is 0 Å². The second-order valence-corrected chi connectivity index (χ2v) is 9.77. The van der Waals surface area contributed by atoms with Crippen molar-refractivity contribution >= 4 is 11.6 Å². The predicted octanol–water partition coefficient (Wildman–Crippen LogP) is 4.52. The fraction of sp³-hybridized carbons (Fsp3) is 0.345. The van der Waals surface area contributed by atoms with Gasteiger partial charge in [-0.25, -0.2) is 0 Å². The monoisotopic (exact) mass is 437 g/mol. The number of para-hydroxylation sites is 1. The second-order valence-electron chi connectivity index (χ2n) is 9.77. The Morgan fingerprint density at radius 2 is 1.55 bits per heavy atom. The van der Waals surface area contributed by atoms with E-state index in [0.717, 1.165) is 45.7 Å². The van der Waals surface area contributed by atoms with Gasteiger partial charge in [-0.15, -0.1) is 0 Å². The van der Waals surface area contributed by atoms with Gasteiger partial charge in [-0.05, 0) is 35.1 Å². The Hall–Kier alpha value is -3.11. The summed E-state index contributed by atoms with van der Waals surface area (Å²) in [5.41, 5.74) is 5.25. The molecule has 1 saturated carbocycles. The van der Waals surface area contributed by atoms with Crippen LogP contribution in [0.25, 0.3) is 0 Å². The molecule has 3 unspecified atom stereocenters. The van der Waals surface area contributed by atoms with Crippen molar-refractivity contribution in [3.8, 4) is 0 Å². The SMILES string of the molecule is O=C(C1CC1c1ccccc1)N1Cc2ccccc2N2CCN(Cc3ccccc3)CC2C1. The Morgan fingerprint density at radius 3 is 2.36 bits per heavy atom. The van der Waals surface area contributed by atoms with Crippen molar-refractivity contribution in [3.05, 3.63) is 102 Å². The maximum absolute atomic E-state index is 13.6. The van der Waals surface area contributed by atoms with Gasteiger partial charge in [-0.2, -0.15) is 0 Å². The number of hydrogen-bond acceptors (Lipinski definition) is 3. The predicted molar refractivity (Wildman–Crippen MR) is 132 cm³/mol. The first-order valence-corrected chi connectivity index (χ1v) is 12.2. The second kappa shape index (κ2) is 8.68. The smallest absolute Gasteiger partial charge is 0.226 e. The lowest BCUT2D eigenvalue weighted by atomic mass is 10.1. The molecule has 2 heterocycles. The molecular formula is C29H31N3O. The van der Waals surface area contributed by atoms with Crippen molar-refractivity contribution < 1.29 is 4.79 Å². The summed E-state index contributed by atoms with van der Waals surface area (Å²) in [6.07, 6.45) is 0.982. The molecule has 1 amide bonds. The Morgan fingerprint density at radius 1 is 0.818 bits per heavy atom. The minimum atomic E-state index is 0.134. The van der Waals surface area contributed by atoms with Crippen LogP contribution in [0, 0.1) is 5.92 Å². The van der Waals surface area contributed by atoms with E-state index in [1.54, 1.807) is 0 Å². The summed E-state index contributed by atoms with van der Waals surface area (Å²) >= 11 is 0. The highest BCUT2D eigenvalue weighted by Gasteiger charge is 2.47. The standard InChI is InChI=1S/C29H31N3O/c33-29(27-17-26(27)23-11-5-2-6-12-23)31-19-24-13-7-8-14-28(24)32-16-15-30(20-25(32)21-31)18-22-9-3-1-4-10-22/h1-14,25-27H,15-21H2. The topological polar surface area (TPSA) is 26.8 Å². The first kappa shape index (κ1) is 20.5. The van der Waals surface area contributed by atoms with Gasteiger partial charge in [-0.1, -0.05) is 78.9 Å². The lowest BCUT2D eigenvalue weighted by Crippen LogP contribution is -2.56. The van der Waals surface area contributed by atoms with E-state index in [-0.39, 0.29) is 5.92 Å². The summed E-state index contributed by atoms with van der Waals surface area (Å²) in [6, 6.07) is 30.3. The number of benzene rings is 3. The highest BCUT2D eigenvalue weighted by atomic mass is 16.2. The van der Waals surface area contributed by atoms with Crippen LogP contribution in [0.15, 0.2) is 84.9 Å². The molecule has 0 bridgehead atoms. The summed E-state index contributed by atoms with van der Waals surface area (Å²) in [5, 5.41) is 0. The van der Waals surface area contributed by atoms with Gasteiger partial charge in [0.05, 0.1) is 6.04 Å². The van der Waals surface area contributed by atoms with Gasteiger partial charge in [0.15, 0.2) is 0 Å². The third-order valence-corrected chi connectivity index (χ3v) is 7.56. The van der Waals surface area contributed by atoms with Crippen LogP contribution >= 0.6 is 0 Å². The van der Waals surface area contributed by atoms with Crippen LogP contribution in [-0.4, -0.2) is 47.9 Å². The number of hydrogen-bond donors (Lipinski definition) is 0. The number of nitrogens with zero attached hydrogens (tertiary/aromatic N) is 3. The molecular weight excluding hydrogens is 406 g/mol. The van der Waals surface area contributed by atoms with Crippen molar-refractivity contribution in [1.82, 2.24) is 9.80 Å². The van der Waals surface area contributed by atoms with Crippen molar-refractivity contribution in [1.29, 1.82) is 0 Å². The highest BCUT2D eigenvalue weighted by Crippen LogP contribution is 2.49. The maximum atomic E-state index is 13.6. The molecule has 0 spiro atoms. The number of piperazine rings is 1. The van der Waals surface area contributed by atoms with Gasteiger partial charge < -0.3 is 9.80 Å². The number of rotatable bonds is 4. The summed E-state index contributed by atoms with van der Waals surface area (Å²) in [7, 11) is 0. The minimum absolute atomic E-state index is 0.134. The Bertz CT molecular complexity index is 1120. The molecule has 4 heteroatoms. The molecule has 2 fully saturated rings. The fourth-order valence-corrected chi connectivity index (χ4v) is 5.77. The third-order valence-electron chi connectivity index (χ3n) is 7.56. The van der Waals surface area contributed by atoms with Crippen LogP contribution in [0.3, 0.4) is 0 Å². The van der Waals surface area contributed by atoms with E-state index in [4.69, 9.17) is 0 Å². The molecule has 0 radical (unpaired) electrons. The fourth-order valence-electron chi connectivity index (χ4n) is 5.77. The summed E-state index contributed by atoms with van der Waals surface area (Å²) < 4.78 is 0. The number of carbonyl (C=O) groups excluding carboxylic acids is 1. The largest absolute Gasteiger partial charge is 0.364 e. The van der Waals surface area contributed by atoms with Crippen molar-refractivity contribution in [2.24, 2.45) is 5.92 Å². The molecule has 3 aromatic rings. The number of amides is 1. The summed E-state index contributed by atoms with van der Waals surface area (Å²) in [6.45, 7) is 5.54. The van der Waals surface area contributed by atoms with Gasteiger partial charge in [0.25, 0.3) is 0 Å². The van der Waals surface area contributed by atoms with E-state index in [1.165, 1.54) is 22.4 Å². The van der Waals surface area contributed by atoms with Crippen molar-refractivity contribution in [3.63, 3.8) is 0 Å². The van der Waals surface area contributed by atoms with E-state index in [0.29, 0.717) is 17.9 Å². The molecule has 2 aliphatic heterocycles. The quantitative estimate of drug-likeness (QED) is 0.600. The molecule has 1 saturated heterocycles. The zero-order valence-corrected chi connectivity index (χ0v) is 19.0. The molecule has 3 atom stereocenters. The van der Waals surface area contributed by atoms with Crippen LogP contribution in [0.2, 0.25) is 0 Å². The maximum Gasteiger partial charge on any atom is 0.226 e. The van der Waals surface area contributed by atoms with E-state index >= 15 is 0 Å². The van der Waals surface area contributed by atoms with Crippen LogP contribution < -0.4 is 4.90 Å². The van der Waals surface area contributed by atoms with Gasteiger partial charge in [0.1, 0.15) is 0 Å². The first-order valence-electron chi connectivity index (χ1n) is 12.2. The third kappa shape index (κ3) is 4.16. The number of carbonyl (C=O) groups is 1. The average Bonchev–Trinajstić information content (AvgIpc) is 3.68. The zero-order valence-electron chi connectivity index (χ0n) is 19.0. The lowest BCUT2D eigenvalue weighted by Gasteiger charge is -2.43. The average molecular weight is 438 g/mol. The van der Waals surface area contributed by atoms with E-state index in [9.17, 15) is 4.79 Å². The van der Waals surface area contributed by atoms with E-state index in [1.807, 2.05) is 6.07 Å². The van der Waals surface area contributed by atoms with Crippen LogP contribution in [0.4, 0.5) is 5.69 Å². The Labute approximate surface area is 196 Å².